The van der Waals surface area contributed by atoms with E-state index < -0.39 is 5.97 Å². The van der Waals surface area contributed by atoms with Crippen LogP contribution in [0.5, 0.6) is 0 Å². The lowest BCUT2D eigenvalue weighted by atomic mass is 10.2. The number of nitrogens with zero attached hydrogens (tertiary/aromatic N) is 1. The predicted octanol–water partition coefficient (Wildman–Crippen LogP) is 1.98. The Morgan fingerprint density at radius 3 is 2.89 bits per heavy atom. The lowest BCUT2D eigenvalue weighted by Gasteiger charge is -2.10. The topological polar surface area (TPSA) is 97.5 Å². The van der Waals surface area contributed by atoms with Crippen molar-refractivity contribution in [1.29, 1.82) is 0 Å². The van der Waals surface area contributed by atoms with Crippen LogP contribution in [0.3, 0.4) is 0 Å². The fourth-order valence-electron chi connectivity index (χ4n) is 1.53. The van der Waals surface area contributed by atoms with Crippen LogP contribution < -0.4 is 11.1 Å². The summed E-state index contributed by atoms with van der Waals surface area (Å²) in [5.74, 6) is -0.640. The Balaban J connectivity index is 2.33. The lowest BCUT2D eigenvalue weighted by molar-refractivity contribution is 0.0698. The van der Waals surface area contributed by atoms with Crippen LogP contribution in [0.2, 0.25) is 0 Å². The summed E-state index contributed by atoms with van der Waals surface area (Å²) in [5.41, 5.74) is 5.96. The molecular weight excluding hydrogens is 246 g/mol. The highest BCUT2D eigenvalue weighted by atomic mass is 16.5. The molecule has 0 amide bonds. The Kier molecular flexibility index (Phi) is 6.67. The predicted molar refractivity (Wildman–Crippen MR) is 74.4 cm³/mol. The van der Waals surface area contributed by atoms with Crippen molar-refractivity contribution < 1.29 is 14.6 Å². The van der Waals surface area contributed by atoms with Gasteiger partial charge in [0.15, 0.2) is 0 Å². The number of nitrogen functional groups attached to an aromatic ring is 1. The van der Waals surface area contributed by atoms with Crippen molar-refractivity contribution in [2.24, 2.45) is 0 Å². The van der Waals surface area contributed by atoms with Gasteiger partial charge in [-0.2, -0.15) is 0 Å². The second-order valence-electron chi connectivity index (χ2n) is 4.17. The first-order valence-corrected chi connectivity index (χ1v) is 6.46. The van der Waals surface area contributed by atoms with E-state index in [4.69, 9.17) is 15.6 Å². The van der Waals surface area contributed by atoms with Gasteiger partial charge in [0.1, 0.15) is 5.82 Å². The summed E-state index contributed by atoms with van der Waals surface area (Å²) in [6.45, 7) is 4.22. The van der Waals surface area contributed by atoms with E-state index in [1.165, 1.54) is 12.3 Å². The van der Waals surface area contributed by atoms with Crippen molar-refractivity contribution in [3.05, 3.63) is 17.8 Å². The number of aromatic nitrogens is 1. The highest BCUT2D eigenvalue weighted by Gasteiger charge is 2.11. The minimum atomic E-state index is -1.05. The van der Waals surface area contributed by atoms with Crippen LogP contribution >= 0.6 is 0 Å². The summed E-state index contributed by atoms with van der Waals surface area (Å²) in [4.78, 5) is 14.9. The number of aromatic carboxylic acids is 1. The van der Waals surface area contributed by atoms with E-state index in [2.05, 4.69) is 17.2 Å². The minimum absolute atomic E-state index is 0.0664. The lowest BCUT2D eigenvalue weighted by Crippen LogP contribution is -2.11. The highest BCUT2D eigenvalue weighted by Crippen LogP contribution is 2.19. The molecule has 0 saturated heterocycles. The minimum Gasteiger partial charge on any atom is -0.478 e. The zero-order chi connectivity index (χ0) is 14.1. The molecule has 1 aromatic heterocycles. The maximum absolute atomic E-state index is 10.9. The van der Waals surface area contributed by atoms with E-state index in [1.54, 1.807) is 0 Å². The summed E-state index contributed by atoms with van der Waals surface area (Å²) in [5, 5.41) is 11.9. The van der Waals surface area contributed by atoms with E-state index in [1.807, 2.05) is 0 Å². The van der Waals surface area contributed by atoms with Crippen molar-refractivity contribution in [3.8, 4) is 0 Å². The molecule has 0 bridgehead atoms. The Bertz CT molecular complexity index is 410. The molecule has 0 radical (unpaired) electrons. The molecule has 1 aromatic rings. The molecule has 106 valence electrons. The molecule has 0 saturated carbocycles. The summed E-state index contributed by atoms with van der Waals surface area (Å²) in [6.07, 6.45) is 4.45. The van der Waals surface area contributed by atoms with Gasteiger partial charge in [0, 0.05) is 26.0 Å². The van der Waals surface area contributed by atoms with Crippen LogP contribution in [0, 0.1) is 0 Å². The van der Waals surface area contributed by atoms with Gasteiger partial charge in [0.2, 0.25) is 0 Å². The molecule has 0 unspecified atom stereocenters. The maximum Gasteiger partial charge on any atom is 0.337 e. The number of hydrogen-bond acceptors (Lipinski definition) is 5. The van der Waals surface area contributed by atoms with E-state index in [0.717, 1.165) is 25.9 Å². The summed E-state index contributed by atoms with van der Waals surface area (Å²) < 4.78 is 5.42. The zero-order valence-corrected chi connectivity index (χ0v) is 11.2. The van der Waals surface area contributed by atoms with Crippen molar-refractivity contribution in [1.82, 2.24) is 4.98 Å². The Morgan fingerprint density at radius 2 is 2.21 bits per heavy atom. The van der Waals surface area contributed by atoms with Crippen LogP contribution in [0.15, 0.2) is 12.3 Å². The number of hydrogen-bond donors (Lipinski definition) is 3. The number of carboxylic acids is 1. The third-order valence-corrected chi connectivity index (χ3v) is 2.62. The van der Waals surface area contributed by atoms with Crippen LogP contribution in [0.25, 0.3) is 0 Å². The molecule has 0 spiro atoms. The molecule has 0 aliphatic heterocycles. The Morgan fingerprint density at radius 1 is 1.47 bits per heavy atom. The fraction of sp³-hybridized carbons (Fsp3) is 0.538. The molecule has 4 N–H and O–H groups in total. The average Bonchev–Trinajstić information content (AvgIpc) is 2.39. The molecule has 0 aromatic carbocycles. The van der Waals surface area contributed by atoms with E-state index in [0.29, 0.717) is 19.0 Å². The van der Waals surface area contributed by atoms with Gasteiger partial charge in [0.05, 0.1) is 11.3 Å². The first kappa shape index (κ1) is 15.2. The fourth-order valence-corrected chi connectivity index (χ4v) is 1.53. The summed E-state index contributed by atoms with van der Waals surface area (Å²) in [7, 11) is 0. The number of ether oxygens (including phenoxy) is 1. The normalized spacial score (nSPS) is 10.4. The molecule has 1 rings (SSSR count). The second-order valence-corrected chi connectivity index (χ2v) is 4.17. The number of carboxylic acid groups (broad SMARTS) is 1. The molecule has 0 aliphatic rings. The van der Waals surface area contributed by atoms with Crippen LogP contribution in [0.4, 0.5) is 11.5 Å². The smallest absolute Gasteiger partial charge is 0.337 e. The molecular formula is C13H21N3O3. The molecule has 0 fully saturated rings. The third kappa shape index (κ3) is 5.13. The first-order chi connectivity index (χ1) is 9.16. The number of unbranched alkanes of at least 4 members (excludes halogenated alkanes) is 1. The van der Waals surface area contributed by atoms with E-state index in [9.17, 15) is 4.79 Å². The monoisotopic (exact) mass is 267 g/mol. The number of pyridine rings is 1. The average molecular weight is 267 g/mol. The van der Waals surface area contributed by atoms with Gasteiger partial charge in [-0.1, -0.05) is 13.3 Å². The molecule has 6 heteroatoms. The van der Waals surface area contributed by atoms with Gasteiger partial charge in [-0.05, 0) is 18.9 Å². The molecule has 0 atom stereocenters. The van der Waals surface area contributed by atoms with Gasteiger partial charge >= 0.3 is 5.97 Å². The number of anilines is 2. The largest absolute Gasteiger partial charge is 0.478 e. The first-order valence-electron chi connectivity index (χ1n) is 6.46. The zero-order valence-electron chi connectivity index (χ0n) is 11.2. The number of rotatable bonds is 9. The number of nitrogens with one attached hydrogen (secondary N) is 1. The summed E-state index contributed by atoms with van der Waals surface area (Å²) in [6, 6.07) is 1.39. The standard InChI is InChI=1S/C13H21N3O3/c1-2-3-8-19-9-4-6-15-12-11(14)10(13(17)18)5-7-16-12/h5,7H,2-4,6,8-9,14H2,1H3,(H,15,16)(H,17,18). The van der Waals surface area contributed by atoms with Gasteiger partial charge < -0.3 is 20.9 Å². The Labute approximate surface area is 113 Å². The van der Waals surface area contributed by atoms with Crippen molar-refractivity contribution in [3.63, 3.8) is 0 Å². The van der Waals surface area contributed by atoms with Gasteiger partial charge in [-0.15, -0.1) is 0 Å². The van der Waals surface area contributed by atoms with Gasteiger partial charge in [0.25, 0.3) is 0 Å². The highest BCUT2D eigenvalue weighted by molar-refractivity contribution is 5.96. The molecule has 0 aliphatic carbocycles. The van der Waals surface area contributed by atoms with Gasteiger partial charge in [-0.25, -0.2) is 9.78 Å². The van der Waals surface area contributed by atoms with Crippen LogP contribution in [-0.2, 0) is 4.74 Å². The molecule has 19 heavy (non-hydrogen) atoms. The second kappa shape index (κ2) is 8.31. The maximum atomic E-state index is 10.9. The molecule has 1 heterocycles. The van der Waals surface area contributed by atoms with E-state index >= 15 is 0 Å². The van der Waals surface area contributed by atoms with Crippen molar-refractivity contribution in [2.75, 3.05) is 30.8 Å². The van der Waals surface area contributed by atoms with Crippen molar-refractivity contribution >= 4 is 17.5 Å². The van der Waals surface area contributed by atoms with Crippen molar-refractivity contribution in [2.45, 2.75) is 26.2 Å². The Hall–Kier alpha value is -1.82. The molecule has 6 nitrogen and oxygen atoms in total. The summed E-state index contributed by atoms with van der Waals surface area (Å²) >= 11 is 0. The number of nitrogens with two attached hydrogens (primary N) is 1. The van der Waals surface area contributed by atoms with Crippen LogP contribution in [-0.4, -0.2) is 35.8 Å². The SMILES string of the molecule is CCCCOCCCNc1nccc(C(=O)O)c1N. The van der Waals surface area contributed by atoms with Crippen LogP contribution in [0.1, 0.15) is 36.5 Å². The third-order valence-electron chi connectivity index (χ3n) is 2.62. The van der Waals surface area contributed by atoms with Gasteiger partial charge in [-0.3, -0.25) is 0 Å². The number of carbonyl (C=O) groups is 1. The quantitative estimate of drug-likeness (QED) is 0.592. The van der Waals surface area contributed by atoms with E-state index in [-0.39, 0.29) is 11.3 Å².